The average molecular weight is 205 g/mol. The lowest BCUT2D eigenvalue weighted by Crippen LogP contribution is -2.13. The Morgan fingerprint density at radius 1 is 1.40 bits per heavy atom. The van der Waals surface area contributed by atoms with Crippen molar-refractivity contribution < 1.29 is 9.18 Å². The van der Waals surface area contributed by atoms with Gasteiger partial charge in [0, 0.05) is 11.8 Å². The summed E-state index contributed by atoms with van der Waals surface area (Å²) in [7, 11) is 0. The van der Waals surface area contributed by atoms with Crippen LogP contribution in [-0.2, 0) is 0 Å². The minimum atomic E-state index is -0.783. The molecule has 1 amide bonds. The third-order valence-corrected chi connectivity index (χ3v) is 2.06. The number of aromatic amines is 1. The lowest BCUT2D eigenvalue weighted by Gasteiger charge is -2.03. The van der Waals surface area contributed by atoms with Gasteiger partial charge in [-0.1, -0.05) is 6.07 Å². The van der Waals surface area contributed by atoms with E-state index in [1.165, 1.54) is 12.3 Å². The van der Waals surface area contributed by atoms with Gasteiger partial charge >= 0.3 is 0 Å². The number of halogens is 1. The summed E-state index contributed by atoms with van der Waals surface area (Å²) >= 11 is 0. The molecule has 0 atom stereocenters. The molecule has 2 rings (SSSR count). The second kappa shape index (κ2) is 3.53. The number of nitrogens with one attached hydrogen (secondary N) is 1. The topological polar surface area (TPSA) is 71.8 Å². The van der Waals surface area contributed by atoms with Gasteiger partial charge in [-0.2, -0.15) is 5.10 Å². The second-order valence-electron chi connectivity index (χ2n) is 3.00. The average Bonchev–Trinajstić information content (AvgIpc) is 2.70. The number of aromatic nitrogens is 2. The summed E-state index contributed by atoms with van der Waals surface area (Å²) in [6.45, 7) is 0. The van der Waals surface area contributed by atoms with Crippen molar-refractivity contribution in [2.45, 2.75) is 0 Å². The number of H-pyrrole nitrogens is 1. The van der Waals surface area contributed by atoms with Crippen molar-refractivity contribution in [3.05, 3.63) is 41.8 Å². The van der Waals surface area contributed by atoms with Crippen molar-refractivity contribution in [2.24, 2.45) is 5.73 Å². The van der Waals surface area contributed by atoms with Crippen LogP contribution in [0.1, 0.15) is 10.4 Å². The molecule has 1 aromatic carbocycles. The molecular formula is C10H8FN3O. The molecule has 76 valence electrons. The van der Waals surface area contributed by atoms with E-state index in [4.69, 9.17) is 5.73 Å². The van der Waals surface area contributed by atoms with Gasteiger partial charge in [0.05, 0.1) is 11.3 Å². The molecule has 3 N–H and O–H groups in total. The first kappa shape index (κ1) is 9.39. The molecule has 15 heavy (non-hydrogen) atoms. The SMILES string of the molecule is NC(=O)c1cccc(-c2ccn[nH]2)c1F. The van der Waals surface area contributed by atoms with Crippen molar-refractivity contribution in [2.75, 3.05) is 0 Å². The number of carbonyl (C=O) groups is 1. The molecule has 0 unspecified atom stereocenters. The van der Waals surface area contributed by atoms with Crippen LogP contribution >= 0.6 is 0 Å². The van der Waals surface area contributed by atoms with Crippen LogP contribution in [0.5, 0.6) is 0 Å². The zero-order valence-corrected chi connectivity index (χ0v) is 7.70. The van der Waals surface area contributed by atoms with Gasteiger partial charge in [0.1, 0.15) is 5.82 Å². The molecule has 0 spiro atoms. The first-order valence-corrected chi connectivity index (χ1v) is 4.28. The molecule has 0 aliphatic rings. The van der Waals surface area contributed by atoms with Gasteiger partial charge < -0.3 is 5.73 Å². The normalized spacial score (nSPS) is 10.2. The molecule has 0 saturated heterocycles. The van der Waals surface area contributed by atoms with Crippen LogP contribution < -0.4 is 5.73 Å². The van der Waals surface area contributed by atoms with Crippen LogP contribution in [-0.4, -0.2) is 16.1 Å². The predicted molar refractivity (Wildman–Crippen MR) is 52.5 cm³/mol. The number of carbonyl (C=O) groups excluding carboxylic acids is 1. The lowest BCUT2D eigenvalue weighted by atomic mass is 10.1. The lowest BCUT2D eigenvalue weighted by molar-refractivity contribution is 0.0996. The molecule has 0 saturated carbocycles. The molecular weight excluding hydrogens is 197 g/mol. The van der Waals surface area contributed by atoms with Crippen LogP contribution in [0.15, 0.2) is 30.5 Å². The highest BCUT2D eigenvalue weighted by atomic mass is 19.1. The molecule has 5 heteroatoms. The van der Waals surface area contributed by atoms with Crippen LogP contribution in [0.3, 0.4) is 0 Å². The molecule has 0 aliphatic heterocycles. The van der Waals surface area contributed by atoms with E-state index >= 15 is 0 Å². The first-order valence-electron chi connectivity index (χ1n) is 4.28. The Hall–Kier alpha value is -2.17. The Bertz CT molecular complexity index is 493. The summed E-state index contributed by atoms with van der Waals surface area (Å²) in [5, 5.41) is 6.32. The Morgan fingerprint density at radius 2 is 2.20 bits per heavy atom. The molecule has 0 bridgehead atoms. The first-order chi connectivity index (χ1) is 7.20. The van der Waals surface area contributed by atoms with E-state index in [0.717, 1.165) is 0 Å². The van der Waals surface area contributed by atoms with Gasteiger partial charge in [-0.25, -0.2) is 4.39 Å². The molecule has 0 radical (unpaired) electrons. The maximum atomic E-state index is 13.7. The fraction of sp³-hybridized carbons (Fsp3) is 0. The van der Waals surface area contributed by atoms with Gasteiger partial charge in [0.15, 0.2) is 0 Å². The number of nitrogens with two attached hydrogens (primary N) is 1. The van der Waals surface area contributed by atoms with E-state index in [-0.39, 0.29) is 11.1 Å². The third kappa shape index (κ3) is 1.59. The molecule has 0 aliphatic carbocycles. The summed E-state index contributed by atoms with van der Waals surface area (Å²) in [6.07, 6.45) is 1.51. The fourth-order valence-electron chi connectivity index (χ4n) is 1.34. The minimum Gasteiger partial charge on any atom is -0.366 e. The van der Waals surface area contributed by atoms with Gasteiger partial charge in [-0.05, 0) is 18.2 Å². The highest BCUT2D eigenvalue weighted by Crippen LogP contribution is 2.22. The molecule has 2 aromatic rings. The van der Waals surface area contributed by atoms with Crippen LogP contribution in [0.4, 0.5) is 4.39 Å². The number of rotatable bonds is 2. The van der Waals surface area contributed by atoms with Gasteiger partial charge in [0.25, 0.3) is 5.91 Å². The Kier molecular flexibility index (Phi) is 2.21. The number of hydrogen-bond acceptors (Lipinski definition) is 2. The zero-order chi connectivity index (χ0) is 10.8. The molecule has 1 heterocycles. The Labute approximate surface area is 84.9 Å². The number of primary amides is 1. The van der Waals surface area contributed by atoms with Crippen molar-refractivity contribution in [3.63, 3.8) is 0 Å². The fourth-order valence-corrected chi connectivity index (χ4v) is 1.34. The standard InChI is InChI=1S/C10H8FN3O/c11-9-6(8-4-5-13-14-8)2-1-3-7(9)10(12)15/h1-5H,(H2,12,15)(H,13,14). The van der Waals surface area contributed by atoms with Gasteiger partial charge in [-0.3, -0.25) is 9.89 Å². The highest BCUT2D eigenvalue weighted by Gasteiger charge is 2.13. The van der Waals surface area contributed by atoms with Crippen LogP contribution in [0, 0.1) is 5.82 Å². The summed E-state index contributed by atoms with van der Waals surface area (Å²) in [6, 6.07) is 6.08. The summed E-state index contributed by atoms with van der Waals surface area (Å²) in [5.74, 6) is -1.41. The van der Waals surface area contributed by atoms with E-state index in [1.807, 2.05) is 0 Å². The maximum Gasteiger partial charge on any atom is 0.251 e. The number of benzene rings is 1. The molecule has 0 fully saturated rings. The van der Waals surface area contributed by atoms with E-state index in [2.05, 4.69) is 10.2 Å². The smallest absolute Gasteiger partial charge is 0.251 e. The highest BCUT2D eigenvalue weighted by molar-refractivity contribution is 5.94. The van der Waals surface area contributed by atoms with Crippen molar-refractivity contribution >= 4 is 5.91 Å². The number of nitrogens with zero attached hydrogens (tertiary/aromatic N) is 1. The molecule has 1 aromatic heterocycles. The third-order valence-electron chi connectivity index (χ3n) is 2.06. The van der Waals surface area contributed by atoms with E-state index in [1.54, 1.807) is 18.2 Å². The van der Waals surface area contributed by atoms with Crippen LogP contribution in [0.25, 0.3) is 11.3 Å². The number of amides is 1. The Balaban J connectivity index is 2.59. The van der Waals surface area contributed by atoms with Crippen LogP contribution in [0.2, 0.25) is 0 Å². The van der Waals surface area contributed by atoms with E-state index in [0.29, 0.717) is 5.69 Å². The van der Waals surface area contributed by atoms with Crippen molar-refractivity contribution in [1.29, 1.82) is 0 Å². The van der Waals surface area contributed by atoms with Crippen molar-refractivity contribution in [3.8, 4) is 11.3 Å². The summed E-state index contributed by atoms with van der Waals surface area (Å²) in [5.41, 5.74) is 5.70. The van der Waals surface area contributed by atoms with E-state index in [9.17, 15) is 9.18 Å². The maximum absolute atomic E-state index is 13.7. The van der Waals surface area contributed by atoms with Crippen molar-refractivity contribution in [1.82, 2.24) is 10.2 Å². The predicted octanol–water partition coefficient (Wildman–Crippen LogP) is 1.31. The summed E-state index contributed by atoms with van der Waals surface area (Å²) in [4.78, 5) is 10.9. The summed E-state index contributed by atoms with van der Waals surface area (Å²) < 4.78 is 13.7. The van der Waals surface area contributed by atoms with E-state index < -0.39 is 11.7 Å². The molecule has 4 nitrogen and oxygen atoms in total. The van der Waals surface area contributed by atoms with Gasteiger partial charge in [0.2, 0.25) is 0 Å². The second-order valence-corrected chi connectivity index (χ2v) is 3.00. The largest absolute Gasteiger partial charge is 0.366 e. The zero-order valence-electron chi connectivity index (χ0n) is 7.70. The minimum absolute atomic E-state index is 0.123. The van der Waals surface area contributed by atoms with Gasteiger partial charge in [-0.15, -0.1) is 0 Å². The Morgan fingerprint density at radius 3 is 2.80 bits per heavy atom. The number of hydrogen-bond donors (Lipinski definition) is 2. The quantitative estimate of drug-likeness (QED) is 0.775. The monoisotopic (exact) mass is 205 g/mol.